The molecule has 104 valence electrons. The summed E-state index contributed by atoms with van der Waals surface area (Å²) in [5.41, 5.74) is 0.683. The van der Waals surface area contributed by atoms with Gasteiger partial charge in [0.1, 0.15) is 5.75 Å². The molecule has 19 heavy (non-hydrogen) atoms. The van der Waals surface area contributed by atoms with E-state index in [-0.39, 0.29) is 12.0 Å². The van der Waals surface area contributed by atoms with Gasteiger partial charge in [0.2, 0.25) is 0 Å². The number of carbonyl (C=O) groups is 1. The Bertz CT molecular complexity index is 447. The summed E-state index contributed by atoms with van der Waals surface area (Å²) >= 11 is 0. The van der Waals surface area contributed by atoms with Crippen molar-refractivity contribution in [2.45, 2.75) is 19.4 Å². The van der Waals surface area contributed by atoms with Crippen molar-refractivity contribution in [2.24, 2.45) is 5.92 Å². The first-order chi connectivity index (χ1) is 9.15. The smallest absolute Gasteiger partial charge is 0.253 e. The van der Waals surface area contributed by atoms with Crippen molar-refractivity contribution >= 4 is 5.91 Å². The second kappa shape index (κ2) is 6.06. The molecule has 0 unspecified atom stereocenters. The van der Waals surface area contributed by atoms with Crippen LogP contribution in [0.15, 0.2) is 24.3 Å². The Morgan fingerprint density at radius 3 is 2.79 bits per heavy atom. The van der Waals surface area contributed by atoms with E-state index in [0.717, 1.165) is 19.5 Å². The lowest BCUT2D eigenvalue weighted by molar-refractivity contribution is 0.00295. The molecule has 1 aromatic rings. The van der Waals surface area contributed by atoms with Crippen molar-refractivity contribution < 1.29 is 14.3 Å². The lowest BCUT2D eigenvalue weighted by Gasteiger charge is -2.36. The third-order valence-electron chi connectivity index (χ3n) is 3.73. The molecule has 0 spiro atoms. The highest BCUT2D eigenvalue weighted by molar-refractivity contribution is 5.94. The maximum Gasteiger partial charge on any atom is 0.253 e. The fourth-order valence-corrected chi connectivity index (χ4v) is 2.60. The zero-order chi connectivity index (χ0) is 13.8. The first-order valence-electron chi connectivity index (χ1n) is 6.62. The number of amides is 1. The maximum atomic E-state index is 12.4. The molecule has 1 amide bonds. The molecule has 4 heteroatoms. The monoisotopic (exact) mass is 263 g/mol. The van der Waals surface area contributed by atoms with Crippen molar-refractivity contribution in [3.63, 3.8) is 0 Å². The molecule has 0 bridgehead atoms. The fourth-order valence-electron chi connectivity index (χ4n) is 2.60. The van der Waals surface area contributed by atoms with Crippen molar-refractivity contribution in [2.75, 3.05) is 27.3 Å². The van der Waals surface area contributed by atoms with Crippen LogP contribution in [0.25, 0.3) is 0 Å². The summed E-state index contributed by atoms with van der Waals surface area (Å²) in [6.45, 7) is 3.62. The van der Waals surface area contributed by atoms with E-state index < -0.39 is 0 Å². The number of carbonyl (C=O) groups excluding carboxylic acids is 1. The molecule has 1 aliphatic rings. The van der Waals surface area contributed by atoms with E-state index in [9.17, 15) is 4.79 Å². The predicted molar refractivity (Wildman–Crippen MR) is 73.5 cm³/mol. The van der Waals surface area contributed by atoms with Gasteiger partial charge in [0, 0.05) is 25.8 Å². The van der Waals surface area contributed by atoms with Gasteiger partial charge in [0.25, 0.3) is 5.91 Å². The minimum Gasteiger partial charge on any atom is -0.497 e. The first kappa shape index (κ1) is 13.9. The molecule has 1 fully saturated rings. The minimum absolute atomic E-state index is 0.0697. The molecule has 1 saturated heterocycles. The summed E-state index contributed by atoms with van der Waals surface area (Å²) in [4.78, 5) is 14.3. The number of ether oxygens (including phenoxy) is 2. The molecule has 0 saturated carbocycles. The van der Waals surface area contributed by atoms with Crippen molar-refractivity contribution in [1.82, 2.24) is 4.90 Å². The Hall–Kier alpha value is -1.55. The van der Waals surface area contributed by atoms with E-state index in [1.807, 2.05) is 23.1 Å². The van der Waals surface area contributed by atoms with Gasteiger partial charge in [-0.2, -0.15) is 0 Å². The molecular formula is C15H21NO3. The van der Waals surface area contributed by atoms with E-state index >= 15 is 0 Å². The van der Waals surface area contributed by atoms with E-state index in [4.69, 9.17) is 9.47 Å². The summed E-state index contributed by atoms with van der Waals surface area (Å²) in [7, 11) is 3.34. The summed E-state index contributed by atoms with van der Waals surface area (Å²) in [5, 5.41) is 0. The molecule has 2 atom stereocenters. The van der Waals surface area contributed by atoms with Crippen LogP contribution >= 0.6 is 0 Å². The number of rotatable bonds is 3. The largest absolute Gasteiger partial charge is 0.497 e. The molecule has 0 radical (unpaired) electrons. The second-order valence-electron chi connectivity index (χ2n) is 5.02. The zero-order valence-corrected chi connectivity index (χ0v) is 11.8. The summed E-state index contributed by atoms with van der Waals surface area (Å²) < 4.78 is 10.6. The predicted octanol–water partition coefficient (Wildman–Crippen LogP) is 2.19. The van der Waals surface area contributed by atoms with Gasteiger partial charge in [-0.05, 0) is 30.5 Å². The number of piperidine rings is 1. The van der Waals surface area contributed by atoms with Crippen LogP contribution in [0, 0.1) is 5.92 Å². The van der Waals surface area contributed by atoms with Gasteiger partial charge in [-0.3, -0.25) is 4.79 Å². The lowest BCUT2D eigenvalue weighted by atomic mass is 9.96. The first-order valence-corrected chi connectivity index (χ1v) is 6.62. The maximum absolute atomic E-state index is 12.4. The highest BCUT2D eigenvalue weighted by Gasteiger charge is 2.29. The molecule has 0 N–H and O–H groups in total. The third kappa shape index (κ3) is 3.07. The quantitative estimate of drug-likeness (QED) is 0.839. The van der Waals surface area contributed by atoms with Gasteiger partial charge >= 0.3 is 0 Å². The van der Waals surface area contributed by atoms with E-state index in [1.54, 1.807) is 20.3 Å². The van der Waals surface area contributed by atoms with Crippen molar-refractivity contribution in [3.05, 3.63) is 29.8 Å². The average Bonchev–Trinajstić information content (AvgIpc) is 2.46. The Morgan fingerprint density at radius 1 is 1.37 bits per heavy atom. The Balaban J connectivity index is 2.07. The molecule has 1 aromatic carbocycles. The number of benzene rings is 1. The Labute approximate surface area is 114 Å². The number of likely N-dealkylation sites (tertiary alicyclic amines) is 1. The van der Waals surface area contributed by atoms with Crippen molar-refractivity contribution in [3.8, 4) is 5.75 Å². The number of hydrogen-bond donors (Lipinski definition) is 0. The summed E-state index contributed by atoms with van der Waals surface area (Å²) in [5.74, 6) is 1.15. The molecule has 0 aliphatic carbocycles. The van der Waals surface area contributed by atoms with E-state index in [1.165, 1.54) is 0 Å². The molecule has 1 heterocycles. The second-order valence-corrected chi connectivity index (χ2v) is 5.02. The molecule has 2 rings (SSSR count). The Kier molecular flexibility index (Phi) is 4.43. The topological polar surface area (TPSA) is 38.8 Å². The van der Waals surface area contributed by atoms with Crippen LogP contribution in [0.3, 0.4) is 0 Å². The fraction of sp³-hybridized carbons (Fsp3) is 0.533. The average molecular weight is 263 g/mol. The minimum atomic E-state index is 0.0697. The molecule has 0 aromatic heterocycles. The highest BCUT2D eigenvalue weighted by atomic mass is 16.5. The lowest BCUT2D eigenvalue weighted by Crippen LogP contribution is -2.45. The number of methoxy groups -OCH3 is 2. The standard InChI is InChI=1S/C15H21NO3/c1-11-10-16(8-7-14(11)19-3)15(17)12-5-4-6-13(9-12)18-2/h4-6,9,11,14H,7-8,10H2,1-3H3/t11-,14+/m0/s1. The van der Waals surface area contributed by atoms with Crippen LogP contribution in [0.5, 0.6) is 5.75 Å². The molecule has 1 aliphatic heterocycles. The molecular weight excluding hydrogens is 242 g/mol. The van der Waals surface area contributed by atoms with Gasteiger partial charge in [-0.15, -0.1) is 0 Å². The summed E-state index contributed by atoms with van der Waals surface area (Å²) in [6, 6.07) is 7.31. The van der Waals surface area contributed by atoms with Gasteiger partial charge in [-0.1, -0.05) is 13.0 Å². The van der Waals surface area contributed by atoms with Gasteiger partial charge < -0.3 is 14.4 Å². The Morgan fingerprint density at radius 2 is 2.16 bits per heavy atom. The van der Waals surface area contributed by atoms with E-state index in [2.05, 4.69) is 6.92 Å². The zero-order valence-electron chi connectivity index (χ0n) is 11.8. The van der Waals surface area contributed by atoms with Gasteiger partial charge in [0.05, 0.1) is 13.2 Å². The van der Waals surface area contributed by atoms with Crippen LogP contribution in [0.4, 0.5) is 0 Å². The third-order valence-corrected chi connectivity index (χ3v) is 3.73. The normalized spacial score (nSPS) is 23.2. The SMILES string of the molecule is COc1cccc(C(=O)N2CC[C@@H](OC)[C@@H](C)C2)c1. The van der Waals surface area contributed by atoms with Gasteiger partial charge in [0.15, 0.2) is 0 Å². The van der Waals surface area contributed by atoms with Crippen molar-refractivity contribution in [1.29, 1.82) is 0 Å². The molecule has 4 nitrogen and oxygen atoms in total. The summed E-state index contributed by atoms with van der Waals surface area (Å²) in [6.07, 6.45) is 1.15. The number of nitrogens with zero attached hydrogens (tertiary/aromatic N) is 1. The van der Waals surface area contributed by atoms with Crippen LogP contribution < -0.4 is 4.74 Å². The van der Waals surface area contributed by atoms with Gasteiger partial charge in [-0.25, -0.2) is 0 Å². The van der Waals surface area contributed by atoms with Crippen LogP contribution in [0.1, 0.15) is 23.7 Å². The number of hydrogen-bond acceptors (Lipinski definition) is 3. The van der Waals surface area contributed by atoms with Crippen LogP contribution in [-0.2, 0) is 4.74 Å². The van der Waals surface area contributed by atoms with E-state index in [0.29, 0.717) is 17.2 Å². The van der Waals surface area contributed by atoms with Crippen LogP contribution in [-0.4, -0.2) is 44.2 Å². The van der Waals surface area contributed by atoms with Crippen LogP contribution in [0.2, 0.25) is 0 Å². The highest BCUT2D eigenvalue weighted by Crippen LogP contribution is 2.22.